The molecule has 0 aromatic heterocycles. The van der Waals surface area contributed by atoms with Gasteiger partial charge in [-0.25, -0.2) is 4.90 Å². The fourth-order valence-electron chi connectivity index (χ4n) is 2.18. The van der Waals surface area contributed by atoms with E-state index in [1.807, 2.05) is 14.1 Å². The molecule has 13 heavy (non-hydrogen) atoms. The van der Waals surface area contributed by atoms with Gasteiger partial charge in [-0.05, 0) is 14.0 Å². The molecule has 0 saturated carbocycles. The molecule has 3 unspecified atom stereocenters. The molecule has 0 N–H and O–H groups in total. The molecule has 1 fully saturated rings. The summed E-state index contributed by atoms with van der Waals surface area (Å²) in [6.07, 6.45) is 0.257. The average molecular weight is 186 g/mol. The molecule has 1 rings (SSSR count). The van der Waals surface area contributed by atoms with E-state index in [1.165, 1.54) is 0 Å². The van der Waals surface area contributed by atoms with Crippen LogP contribution in [0, 0.1) is 0 Å². The summed E-state index contributed by atoms with van der Waals surface area (Å²) in [6.45, 7) is 5.17. The van der Waals surface area contributed by atoms with Crippen molar-refractivity contribution in [3.63, 3.8) is 0 Å². The molecule has 4 heteroatoms. The molecule has 76 valence electrons. The zero-order valence-corrected chi connectivity index (χ0v) is 8.78. The first-order chi connectivity index (χ1) is 5.87. The van der Waals surface area contributed by atoms with Crippen LogP contribution in [0.1, 0.15) is 13.8 Å². The quantitative estimate of drug-likeness (QED) is 0.512. The minimum atomic E-state index is -0.961. The number of hydrogen-bond acceptors (Lipinski definition) is 3. The molecule has 3 atom stereocenters. The van der Waals surface area contributed by atoms with E-state index in [4.69, 9.17) is 0 Å². The first-order valence-electron chi connectivity index (χ1n) is 4.63. The van der Waals surface area contributed by atoms with Crippen molar-refractivity contribution in [3.8, 4) is 0 Å². The molecular weight excluding hydrogens is 168 g/mol. The van der Waals surface area contributed by atoms with E-state index >= 15 is 0 Å². The third-order valence-corrected chi connectivity index (χ3v) is 3.36. The Morgan fingerprint density at radius 2 is 2.15 bits per heavy atom. The number of hydrogen-bond donors (Lipinski definition) is 0. The second kappa shape index (κ2) is 3.27. The Kier molecular flexibility index (Phi) is 2.63. The lowest BCUT2D eigenvalue weighted by Crippen LogP contribution is -2.55. The minimum absolute atomic E-state index is 0.107. The van der Waals surface area contributed by atoms with Crippen LogP contribution in [0.2, 0.25) is 0 Å². The second-order valence-corrected chi connectivity index (χ2v) is 4.34. The first kappa shape index (κ1) is 10.5. The molecule has 0 radical (unpaired) electrons. The van der Waals surface area contributed by atoms with Gasteiger partial charge in [-0.1, -0.05) is 0 Å². The summed E-state index contributed by atoms with van der Waals surface area (Å²) in [6, 6.07) is 0.444. The highest BCUT2D eigenvalue weighted by Crippen LogP contribution is 2.24. The largest absolute Gasteiger partial charge is 0.544 e. The highest BCUT2D eigenvalue weighted by atomic mass is 16.4. The molecule has 0 aromatic carbocycles. The number of quaternary nitrogens is 1. The van der Waals surface area contributed by atoms with Gasteiger partial charge in [-0.15, -0.1) is 0 Å². The Hall–Kier alpha value is -0.610. The van der Waals surface area contributed by atoms with Crippen molar-refractivity contribution in [3.05, 3.63) is 0 Å². The molecule has 1 aliphatic heterocycles. The average Bonchev–Trinajstić information content (AvgIpc) is 2.14. The Bertz CT molecular complexity index is 220. The number of aliphatic carboxylic acids is 1. The van der Waals surface area contributed by atoms with Crippen molar-refractivity contribution >= 4 is 5.97 Å². The van der Waals surface area contributed by atoms with Crippen LogP contribution < -0.4 is 5.11 Å². The third-order valence-electron chi connectivity index (χ3n) is 3.36. The second-order valence-electron chi connectivity index (χ2n) is 4.34. The Labute approximate surface area is 79.3 Å². The number of nitrogens with zero attached hydrogens (tertiary/aromatic N) is 2. The van der Waals surface area contributed by atoms with Crippen molar-refractivity contribution in [2.75, 3.05) is 27.2 Å². The maximum atomic E-state index is 10.6. The summed E-state index contributed by atoms with van der Waals surface area (Å²) in [5, 5.41) is 10.6. The zero-order chi connectivity index (χ0) is 10.2. The summed E-state index contributed by atoms with van der Waals surface area (Å²) >= 11 is 0. The fraction of sp³-hybridized carbons (Fsp3) is 0.889. The molecule has 1 heterocycles. The molecule has 0 bridgehead atoms. The maximum Gasteiger partial charge on any atom is 0.142 e. The predicted molar refractivity (Wildman–Crippen MR) is 47.6 cm³/mol. The van der Waals surface area contributed by atoms with E-state index in [2.05, 4.69) is 18.7 Å². The lowest BCUT2D eigenvalue weighted by atomic mass is 10.3. The van der Waals surface area contributed by atoms with Crippen LogP contribution in [0.25, 0.3) is 0 Å². The summed E-state index contributed by atoms with van der Waals surface area (Å²) in [5.41, 5.74) is 0. The van der Waals surface area contributed by atoms with Gasteiger partial charge in [-0.3, -0.25) is 0 Å². The number of carboxylic acids is 1. The standard InChI is InChI=1S/C9H18N2O2/c1-7-5-11(4,6-9(12)13)8(2)10(7)3/h7-8H,5-6H2,1-4H3. The summed E-state index contributed by atoms with van der Waals surface area (Å²) in [5.74, 6) is -0.961. The van der Waals surface area contributed by atoms with Crippen LogP contribution in [0.3, 0.4) is 0 Å². The van der Waals surface area contributed by atoms with Gasteiger partial charge in [0.1, 0.15) is 12.7 Å². The molecule has 0 aromatic rings. The van der Waals surface area contributed by atoms with E-state index in [-0.39, 0.29) is 12.7 Å². The Balaban J connectivity index is 2.75. The number of rotatable bonds is 2. The van der Waals surface area contributed by atoms with E-state index in [0.717, 1.165) is 6.54 Å². The lowest BCUT2D eigenvalue weighted by Gasteiger charge is -2.35. The number of carbonyl (C=O) groups excluding carboxylic acids is 1. The van der Waals surface area contributed by atoms with E-state index < -0.39 is 5.97 Å². The normalized spacial score (nSPS) is 40.9. The SMILES string of the molecule is CC1C[N+](C)(CC(=O)[O-])C(C)N1C. The van der Waals surface area contributed by atoms with Crippen molar-refractivity contribution in [1.82, 2.24) is 4.90 Å². The molecular formula is C9H18N2O2. The van der Waals surface area contributed by atoms with Crippen molar-refractivity contribution in [1.29, 1.82) is 0 Å². The number of likely N-dealkylation sites (N-methyl/N-ethyl adjacent to an activating group) is 2. The van der Waals surface area contributed by atoms with Gasteiger partial charge in [0.2, 0.25) is 0 Å². The van der Waals surface area contributed by atoms with Gasteiger partial charge in [0.15, 0.2) is 0 Å². The van der Waals surface area contributed by atoms with Gasteiger partial charge in [-0.2, -0.15) is 0 Å². The van der Waals surface area contributed by atoms with Crippen LogP contribution in [0.4, 0.5) is 0 Å². The molecule has 1 aliphatic rings. The minimum Gasteiger partial charge on any atom is -0.544 e. The van der Waals surface area contributed by atoms with E-state index in [9.17, 15) is 9.90 Å². The van der Waals surface area contributed by atoms with Crippen molar-refractivity contribution in [2.24, 2.45) is 0 Å². The smallest absolute Gasteiger partial charge is 0.142 e. The Morgan fingerprint density at radius 1 is 1.62 bits per heavy atom. The molecule has 1 saturated heterocycles. The van der Waals surface area contributed by atoms with Crippen LogP contribution in [0.5, 0.6) is 0 Å². The van der Waals surface area contributed by atoms with Crippen LogP contribution in [0.15, 0.2) is 0 Å². The Morgan fingerprint density at radius 3 is 2.46 bits per heavy atom. The number of carboxylic acid groups (broad SMARTS) is 1. The van der Waals surface area contributed by atoms with Crippen LogP contribution in [-0.2, 0) is 4.79 Å². The van der Waals surface area contributed by atoms with E-state index in [1.54, 1.807) is 0 Å². The van der Waals surface area contributed by atoms with Gasteiger partial charge < -0.3 is 14.4 Å². The zero-order valence-electron chi connectivity index (χ0n) is 8.78. The van der Waals surface area contributed by atoms with Crippen LogP contribution in [-0.4, -0.2) is 54.7 Å². The lowest BCUT2D eigenvalue weighted by molar-refractivity contribution is -0.919. The number of carbonyl (C=O) groups is 1. The molecule has 4 nitrogen and oxygen atoms in total. The first-order valence-corrected chi connectivity index (χ1v) is 4.63. The predicted octanol–water partition coefficient (Wildman–Crippen LogP) is -1.14. The van der Waals surface area contributed by atoms with Crippen molar-refractivity contribution < 1.29 is 14.4 Å². The molecule has 0 aliphatic carbocycles. The topological polar surface area (TPSA) is 43.4 Å². The maximum absolute atomic E-state index is 10.6. The van der Waals surface area contributed by atoms with Gasteiger partial charge in [0.05, 0.1) is 25.6 Å². The fourth-order valence-corrected chi connectivity index (χ4v) is 2.18. The highest BCUT2D eigenvalue weighted by molar-refractivity contribution is 5.65. The van der Waals surface area contributed by atoms with Gasteiger partial charge >= 0.3 is 0 Å². The third kappa shape index (κ3) is 1.84. The van der Waals surface area contributed by atoms with Gasteiger partial charge in [0.25, 0.3) is 0 Å². The summed E-state index contributed by atoms with van der Waals surface area (Å²) in [4.78, 5) is 12.8. The highest BCUT2D eigenvalue weighted by Gasteiger charge is 2.42. The van der Waals surface area contributed by atoms with Crippen LogP contribution >= 0.6 is 0 Å². The summed E-state index contributed by atoms with van der Waals surface area (Å²) < 4.78 is 0.556. The molecule has 0 spiro atoms. The molecule has 0 amide bonds. The van der Waals surface area contributed by atoms with Crippen molar-refractivity contribution in [2.45, 2.75) is 26.1 Å². The monoisotopic (exact) mass is 186 g/mol. The summed E-state index contributed by atoms with van der Waals surface area (Å²) in [7, 11) is 4.01. The van der Waals surface area contributed by atoms with Gasteiger partial charge in [0, 0.05) is 6.92 Å². The van der Waals surface area contributed by atoms with E-state index in [0.29, 0.717) is 10.5 Å².